The van der Waals surface area contributed by atoms with Crippen LogP contribution in [0.5, 0.6) is 11.5 Å². The summed E-state index contributed by atoms with van der Waals surface area (Å²) in [7, 11) is 3.02. The normalized spacial score (nSPS) is 21.3. The highest BCUT2D eigenvalue weighted by molar-refractivity contribution is 6.02. The van der Waals surface area contributed by atoms with E-state index in [0.717, 1.165) is 0 Å². The number of anilines is 1. The molecule has 2 saturated heterocycles. The van der Waals surface area contributed by atoms with E-state index in [1.165, 1.54) is 19.1 Å². The third-order valence-corrected chi connectivity index (χ3v) is 5.29. The van der Waals surface area contributed by atoms with Crippen LogP contribution < -0.4 is 19.7 Å². The van der Waals surface area contributed by atoms with Crippen LogP contribution in [0, 0.1) is 5.92 Å². The van der Waals surface area contributed by atoms with Crippen molar-refractivity contribution in [3.8, 4) is 11.5 Å². The number of carboxylic acid groups (broad SMARTS) is 1. The molecule has 1 aromatic carbocycles. The Bertz CT molecular complexity index is 774. The van der Waals surface area contributed by atoms with Gasteiger partial charge in [0.25, 0.3) is 0 Å². The maximum absolute atomic E-state index is 12.8. The van der Waals surface area contributed by atoms with E-state index in [2.05, 4.69) is 5.32 Å². The zero-order valence-electron chi connectivity index (χ0n) is 15.9. The van der Waals surface area contributed by atoms with Crippen molar-refractivity contribution in [2.45, 2.75) is 24.8 Å². The number of nitrogens with one attached hydrogen (secondary N) is 1. The summed E-state index contributed by atoms with van der Waals surface area (Å²) < 4.78 is 15.7. The number of carboxylic acids is 1. The van der Waals surface area contributed by atoms with Crippen molar-refractivity contribution in [2.75, 3.05) is 38.9 Å². The summed E-state index contributed by atoms with van der Waals surface area (Å²) in [6, 6.07) is 5.07. The maximum Gasteiger partial charge on any atom is 0.329 e. The molecule has 2 N–H and O–H groups in total. The fourth-order valence-electron chi connectivity index (χ4n) is 3.57. The van der Waals surface area contributed by atoms with Crippen LogP contribution in [0.2, 0.25) is 0 Å². The highest BCUT2D eigenvalue weighted by Crippen LogP contribution is 2.36. The summed E-state index contributed by atoms with van der Waals surface area (Å²) in [4.78, 5) is 38.5. The van der Waals surface area contributed by atoms with Crippen LogP contribution in [-0.2, 0) is 19.1 Å². The molecular weight excluding hydrogens is 368 g/mol. The lowest BCUT2D eigenvalue weighted by atomic mass is 9.89. The molecule has 0 bridgehead atoms. The molecule has 0 spiro atoms. The average molecular weight is 392 g/mol. The van der Waals surface area contributed by atoms with Crippen molar-refractivity contribution < 1.29 is 33.7 Å². The third-order valence-electron chi connectivity index (χ3n) is 5.29. The number of hydrogen-bond donors (Lipinski definition) is 2. The molecule has 2 heterocycles. The number of carbonyl (C=O) groups is 3. The Morgan fingerprint density at radius 1 is 1.25 bits per heavy atom. The molecule has 2 aliphatic rings. The van der Waals surface area contributed by atoms with Crippen LogP contribution in [0.3, 0.4) is 0 Å². The smallest absolute Gasteiger partial charge is 0.329 e. The van der Waals surface area contributed by atoms with Gasteiger partial charge in [0.2, 0.25) is 11.8 Å². The molecule has 1 unspecified atom stereocenters. The Balaban J connectivity index is 1.75. The van der Waals surface area contributed by atoms with Gasteiger partial charge in [-0.15, -0.1) is 0 Å². The van der Waals surface area contributed by atoms with Crippen LogP contribution in [-0.4, -0.2) is 62.4 Å². The second-order valence-electron chi connectivity index (χ2n) is 6.93. The maximum atomic E-state index is 12.8. The first-order valence-corrected chi connectivity index (χ1v) is 9.06. The van der Waals surface area contributed by atoms with Crippen molar-refractivity contribution >= 4 is 23.5 Å². The Morgan fingerprint density at radius 3 is 2.57 bits per heavy atom. The number of amides is 2. The molecule has 0 aliphatic carbocycles. The van der Waals surface area contributed by atoms with Crippen molar-refractivity contribution in [3.05, 3.63) is 18.2 Å². The van der Waals surface area contributed by atoms with E-state index in [0.29, 0.717) is 17.2 Å². The number of ether oxygens (including phenoxy) is 3. The van der Waals surface area contributed by atoms with Gasteiger partial charge in [0.05, 0.1) is 25.8 Å². The highest BCUT2D eigenvalue weighted by atomic mass is 16.5. The monoisotopic (exact) mass is 392 g/mol. The lowest BCUT2D eigenvalue weighted by Gasteiger charge is -2.34. The predicted octanol–water partition coefficient (Wildman–Crippen LogP) is 0.807. The number of carbonyl (C=O) groups excluding carboxylic acids is 2. The van der Waals surface area contributed by atoms with Gasteiger partial charge >= 0.3 is 5.97 Å². The van der Waals surface area contributed by atoms with E-state index in [1.807, 2.05) is 0 Å². The number of rotatable bonds is 6. The van der Waals surface area contributed by atoms with Gasteiger partial charge in [0.15, 0.2) is 0 Å². The number of benzene rings is 1. The summed E-state index contributed by atoms with van der Waals surface area (Å²) in [6.07, 6.45) is 0.405. The quantitative estimate of drug-likeness (QED) is 0.736. The summed E-state index contributed by atoms with van der Waals surface area (Å²) in [5, 5.41) is 12.3. The summed E-state index contributed by atoms with van der Waals surface area (Å²) in [5.74, 6) is -1.34. The van der Waals surface area contributed by atoms with Crippen molar-refractivity contribution in [2.24, 2.45) is 5.92 Å². The molecule has 0 saturated carbocycles. The second kappa shape index (κ2) is 8.05. The van der Waals surface area contributed by atoms with Gasteiger partial charge in [-0.25, -0.2) is 4.79 Å². The molecule has 3 rings (SSSR count). The predicted molar refractivity (Wildman–Crippen MR) is 98.6 cm³/mol. The molecule has 9 nitrogen and oxygen atoms in total. The van der Waals surface area contributed by atoms with Crippen LogP contribution in [0.25, 0.3) is 0 Å². The number of nitrogens with zero attached hydrogens (tertiary/aromatic N) is 1. The molecule has 0 radical (unpaired) electrons. The SMILES string of the molecule is COc1ccc(N2CC(C(=O)NC3(C(=O)O)CCOCC3)CC2=O)c(OC)c1. The fraction of sp³-hybridized carbons (Fsp3) is 0.526. The Morgan fingerprint density at radius 2 is 1.96 bits per heavy atom. The van der Waals surface area contributed by atoms with Crippen LogP contribution in [0.15, 0.2) is 18.2 Å². The van der Waals surface area contributed by atoms with Gasteiger partial charge < -0.3 is 29.5 Å². The van der Waals surface area contributed by atoms with Gasteiger partial charge in [0.1, 0.15) is 17.0 Å². The first kappa shape index (κ1) is 19.9. The van der Waals surface area contributed by atoms with E-state index >= 15 is 0 Å². The molecule has 2 aliphatic heterocycles. The lowest BCUT2D eigenvalue weighted by molar-refractivity contribution is -0.152. The summed E-state index contributed by atoms with van der Waals surface area (Å²) in [6.45, 7) is 0.691. The van der Waals surface area contributed by atoms with E-state index < -0.39 is 23.3 Å². The van der Waals surface area contributed by atoms with E-state index in [-0.39, 0.29) is 44.9 Å². The van der Waals surface area contributed by atoms with Crippen LogP contribution >= 0.6 is 0 Å². The number of methoxy groups -OCH3 is 2. The van der Waals surface area contributed by atoms with Crippen LogP contribution in [0.4, 0.5) is 5.69 Å². The Labute approximate surface area is 162 Å². The number of aliphatic carboxylic acids is 1. The van der Waals surface area contributed by atoms with Gasteiger partial charge in [0, 0.05) is 45.1 Å². The summed E-state index contributed by atoms with van der Waals surface area (Å²) in [5.41, 5.74) is -0.800. The minimum absolute atomic E-state index is 0.00716. The van der Waals surface area contributed by atoms with E-state index in [1.54, 1.807) is 18.2 Å². The third kappa shape index (κ3) is 3.75. The molecule has 152 valence electrons. The minimum Gasteiger partial charge on any atom is -0.497 e. The van der Waals surface area contributed by atoms with Gasteiger partial charge in [-0.2, -0.15) is 0 Å². The molecule has 2 fully saturated rings. The Kier molecular flexibility index (Phi) is 5.73. The standard InChI is InChI=1S/C19H24N2O7/c1-26-13-3-4-14(15(10-13)27-2)21-11-12(9-16(21)22)17(23)20-19(18(24)25)5-7-28-8-6-19/h3-4,10,12H,5-9,11H2,1-2H3,(H,20,23)(H,24,25). The van der Waals surface area contributed by atoms with Gasteiger partial charge in [-0.05, 0) is 12.1 Å². The zero-order valence-corrected chi connectivity index (χ0v) is 15.9. The van der Waals surface area contributed by atoms with Crippen molar-refractivity contribution in [1.82, 2.24) is 5.32 Å². The summed E-state index contributed by atoms with van der Waals surface area (Å²) >= 11 is 0. The number of hydrogen-bond acceptors (Lipinski definition) is 6. The van der Waals surface area contributed by atoms with Gasteiger partial charge in [-0.3, -0.25) is 9.59 Å². The molecule has 1 aromatic rings. The van der Waals surface area contributed by atoms with Gasteiger partial charge in [-0.1, -0.05) is 0 Å². The zero-order chi connectivity index (χ0) is 20.3. The molecule has 9 heteroatoms. The molecular formula is C19H24N2O7. The molecule has 1 atom stereocenters. The topological polar surface area (TPSA) is 114 Å². The van der Waals surface area contributed by atoms with Crippen LogP contribution in [0.1, 0.15) is 19.3 Å². The first-order valence-electron chi connectivity index (χ1n) is 9.06. The fourth-order valence-corrected chi connectivity index (χ4v) is 3.57. The second-order valence-corrected chi connectivity index (χ2v) is 6.93. The van der Waals surface area contributed by atoms with Crippen molar-refractivity contribution in [3.63, 3.8) is 0 Å². The van der Waals surface area contributed by atoms with Crippen molar-refractivity contribution in [1.29, 1.82) is 0 Å². The minimum atomic E-state index is -1.34. The first-order chi connectivity index (χ1) is 13.4. The average Bonchev–Trinajstić information content (AvgIpc) is 3.09. The molecule has 0 aromatic heterocycles. The Hall–Kier alpha value is -2.81. The van der Waals surface area contributed by atoms with E-state index in [9.17, 15) is 19.5 Å². The van der Waals surface area contributed by atoms with E-state index in [4.69, 9.17) is 14.2 Å². The largest absolute Gasteiger partial charge is 0.497 e. The molecule has 28 heavy (non-hydrogen) atoms. The highest BCUT2D eigenvalue weighted by Gasteiger charge is 2.45. The lowest BCUT2D eigenvalue weighted by Crippen LogP contribution is -2.58. The molecule has 2 amide bonds.